The fourth-order valence-corrected chi connectivity index (χ4v) is 1.55. The lowest BCUT2D eigenvalue weighted by Crippen LogP contribution is -2.06. The minimum atomic E-state index is -0.424. The predicted octanol–water partition coefficient (Wildman–Crippen LogP) is 2.73. The van der Waals surface area contributed by atoms with Crippen LogP contribution in [0.2, 0.25) is 0 Å². The van der Waals surface area contributed by atoms with Gasteiger partial charge in [-0.2, -0.15) is 0 Å². The molecular weight excluding hydrogens is 235 g/mol. The standard InChI is InChI=1S/C13H15FN2O2/c1-8(2)17-12-4-3-9(5-11(12)14)13-6-10(7-15)16-18-13/h3-6,8H,7,15H2,1-2H3. The van der Waals surface area contributed by atoms with Crippen molar-refractivity contribution in [2.24, 2.45) is 5.73 Å². The van der Waals surface area contributed by atoms with Crippen LogP contribution in [0.15, 0.2) is 28.8 Å². The largest absolute Gasteiger partial charge is 0.488 e. The van der Waals surface area contributed by atoms with Crippen LogP contribution in [0, 0.1) is 5.82 Å². The van der Waals surface area contributed by atoms with Crippen molar-refractivity contribution in [3.63, 3.8) is 0 Å². The SMILES string of the molecule is CC(C)Oc1ccc(-c2cc(CN)no2)cc1F. The maximum atomic E-state index is 13.8. The molecule has 0 spiro atoms. The van der Waals surface area contributed by atoms with Crippen molar-refractivity contribution < 1.29 is 13.7 Å². The summed E-state index contributed by atoms with van der Waals surface area (Å²) >= 11 is 0. The zero-order chi connectivity index (χ0) is 13.1. The van der Waals surface area contributed by atoms with Crippen LogP contribution >= 0.6 is 0 Å². The van der Waals surface area contributed by atoms with Crippen molar-refractivity contribution in [3.8, 4) is 17.1 Å². The van der Waals surface area contributed by atoms with Gasteiger partial charge in [-0.1, -0.05) is 5.16 Å². The first kappa shape index (κ1) is 12.6. The van der Waals surface area contributed by atoms with Crippen molar-refractivity contribution in [1.82, 2.24) is 5.16 Å². The van der Waals surface area contributed by atoms with E-state index in [0.29, 0.717) is 23.6 Å². The lowest BCUT2D eigenvalue weighted by atomic mass is 10.1. The van der Waals surface area contributed by atoms with Crippen molar-refractivity contribution in [2.75, 3.05) is 0 Å². The first-order valence-electron chi connectivity index (χ1n) is 5.72. The third-order valence-electron chi connectivity index (χ3n) is 2.35. The molecule has 2 N–H and O–H groups in total. The van der Waals surface area contributed by atoms with Crippen LogP contribution < -0.4 is 10.5 Å². The average Bonchev–Trinajstić information content (AvgIpc) is 2.80. The molecule has 0 aliphatic carbocycles. The first-order chi connectivity index (χ1) is 8.60. The fourth-order valence-electron chi connectivity index (χ4n) is 1.55. The van der Waals surface area contributed by atoms with E-state index < -0.39 is 5.82 Å². The highest BCUT2D eigenvalue weighted by Crippen LogP contribution is 2.26. The molecule has 0 saturated carbocycles. The second kappa shape index (κ2) is 5.18. The van der Waals surface area contributed by atoms with Crippen LogP contribution in [0.25, 0.3) is 11.3 Å². The van der Waals surface area contributed by atoms with Crippen molar-refractivity contribution in [1.29, 1.82) is 0 Å². The second-order valence-electron chi connectivity index (χ2n) is 4.20. The van der Waals surface area contributed by atoms with Crippen LogP contribution in [0.3, 0.4) is 0 Å². The summed E-state index contributed by atoms with van der Waals surface area (Å²) in [4.78, 5) is 0. The number of aromatic nitrogens is 1. The minimum Gasteiger partial charge on any atom is -0.488 e. The summed E-state index contributed by atoms with van der Waals surface area (Å²) in [5.41, 5.74) is 6.67. The molecule has 0 bridgehead atoms. The Bertz CT molecular complexity index is 538. The van der Waals surface area contributed by atoms with Gasteiger partial charge in [0.1, 0.15) is 0 Å². The Morgan fingerprint density at radius 1 is 1.39 bits per heavy atom. The zero-order valence-corrected chi connectivity index (χ0v) is 10.3. The summed E-state index contributed by atoms with van der Waals surface area (Å²) in [6.07, 6.45) is -0.0699. The number of halogens is 1. The quantitative estimate of drug-likeness (QED) is 0.906. The van der Waals surface area contributed by atoms with Gasteiger partial charge in [-0.05, 0) is 32.0 Å². The average molecular weight is 250 g/mol. The predicted molar refractivity (Wildman–Crippen MR) is 65.6 cm³/mol. The lowest BCUT2D eigenvalue weighted by molar-refractivity contribution is 0.231. The normalized spacial score (nSPS) is 10.9. The Balaban J connectivity index is 2.28. The Hall–Kier alpha value is -1.88. The molecule has 1 heterocycles. The van der Waals surface area contributed by atoms with Crippen LogP contribution in [0.5, 0.6) is 5.75 Å². The number of benzene rings is 1. The molecule has 0 fully saturated rings. The monoisotopic (exact) mass is 250 g/mol. The van der Waals surface area contributed by atoms with Gasteiger partial charge in [-0.25, -0.2) is 4.39 Å². The maximum Gasteiger partial charge on any atom is 0.167 e. The van der Waals surface area contributed by atoms with Gasteiger partial charge in [0.2, 0.25) is 0 Å². The first-order valence-corrected chi connectivity index (χ1v) is 5.72. The van der Waals surface area contributed by atoms with Crippen LogP contribution in [0.1, 0.15) is 19.5 Å². The number of ether oxygens (including phenoxy) is 1. The van der Waals surface area contributed by atoms with Crippen molar-refractivity contribution >= 4 is 0 Å². The van der Waals surface area contributed by atoms with E-state index in [1.807, 2.05) is 13.8 Å². The molecule has 0 saturated heterocycles. The van der Waals surface area contributed by atoms with Crippen molar-refractivity contribution in [2.45, 2.75) is 26.5 Å². The third-order valence-corrected chi connectivity index (χ3v) is 2.35. The number of rotatable bonds is 4. The van der Waals surface area contributed by atoms with Crippen LogP contribution in [-0.2, 0) is 6.54 Å². The molecule has 1 aromatic heterocycles. The smallest absolute Gasteiger partial charge is 0.167 e. The summed E-state index contributed by atoms with van der Waals surface area (Å²) < 4.78 is 24.2. The summed E-state index contributed by atoms with van der Waals surface area (Å²) in [7, 11) is 0. The summed E-state index contributed by atoms with van der Waals surface area (Å²) in [5.74, 6) is 0.296. The second-order valence-corrected chi connectivity index (χ2v) is 4.20. The van der Waals surface area contributed by atoms with Gasteiger partial charge in [0.05, 0.1) is 11.8 Å². The number of hydrogen-bond acceptors (Lipinski definition) is 4. The van der Waals surface area contributed by atoms with Gasteiger partial charge in [0.15, 0.2) is 17.3 Å². The van der Waals surface area contributed by atoms with Crippen LogP contribution in [0.4, 0.5) is 4.39 Å². The Morgan fingerprint density at radius 3 is 2.72 bits per heavy atom. The molecule has 0 aliphatic rings. The highest BCUT2D eigenvalue weighted by atomic mass is 19.1. The summed E-state index contributed by atoms with van der Waals surface area (Å²) in [5, 5.41) is 3.76. The molecule has 0 amide bonds. The molecule has 96 valence electrons. The molecule has 2 aromatic rings. The van der Waals surface area contributed by atoms with E-state index in [4.69, 9.17) is 15.0 Å². The number of nitrogens with zero attached hydrogens (tertiary/aromatic N) is 1. The van der Waals surface area contributed by atoms with Gasteiger partial charge in [-0.3, -0.25) is 0 Å². The molecular formula is C13H15FN2O2. The van der Waals surface area contributed by atoms with Crippen molar-refractivity contribution in [3.05, 3.63) is 35.8 Å². The summed E-state index contributed by atoms with van der Waals surface area (Å²) in [6, 6.07) is 6.35. The molecule has 0 atom stereocenters. The zero-order valence-electron chi connectivity index (χ0n) is 10.3. The Labute approximate surface area is 105 Å². The molecule has 18 heavy (non-hydrogen) atoms. The number of hydrogen-bond donors (Lipinski definition) is 1. The van der Waals surface area contributed by atoms with E-state index in [-0.39, 0.29) is 11.9 Å². The maximum absolute atomic E-state index is 13.8. The van der Waals surface area contributed by atoms with E-state index in [1.54, 1.807) is 18.2 Å². The van der Waals surface area contributed by atoms with E-state index in [1.165, 1.54) is 6.07 Å². The molecule has 5 heteroatoms. The van der Waals surface area contributed by atoms with Gasteiger partial charge in [0.25, 0.3) is 0 Å². The topological polar surface area (TPSA) is 61.3 Å². The van der Waals surface area contributed by atoms with E-state index in [9.17, 15) is 4.39 Å². The highest BCUT2D eigenvalue weighted by Gasteiger charge is 2.11. The molecule has 0 aliphatic heterocycles. The van der Waals surface area contributed by atoms with Gasteiger partial charge in [0, 0.05) is 18.2 Å². The molecule has 0 radical (unpaired) electrons. The van der Waals surface area contributed by atoms with Crippen LogP contribution in [-0.4, -0.2) is 11.3 Å². The lowest BCUT2D eigenvalue weighted by Gasteiger charge is -2.10. The minimum absolute atomic E-state index is 0.0699. The van der Waals surface area contributed by atoms with Gasteiger partial charge >= 0.3 is 0 Å². The molecule has 4 nitrogen and oxygen atoms in total. The molecule has 0 unspecified atom stereocenters. The molecule has 1 aromatic carbocycles. The van der Waals surface area contributed by atoms with Gasteiger partial charge < -0.3 is 15.0 Å². The summed E-state index contributed by atoms with van der Waals surface area (Å²) in [6.45, 7) is 3.98. The Kier molecular flexibility index (Phi) is 3.62. The fraction of sp³-hybridized carbons (Fsp3) is 0.308. The third kappa shape index (κ3) is 2.68. The highest BCUT2D eigenvalue weighted by molar-refractivity contribution is 5.58. The van der Waals surface area contributed by atoms with E-state index in [2.05, 4.69) is 5.16 Å². The molecule has 2 rings (SSSR count). The van der Waals surface area contributed by atoms with Gasteiger partial charge in [-0.15, -0.1) is 0 Å². The van der Waals surface area contributed by atoms with E-state index in [0.717, 1.165) is 0 Å². The Morgan fingerprint density at radius 2 is 2.17 bits per heavy atom. The van der Waals surface area contributed by atoms with E-state index >= 15 is 0 Å². The number of nitrogens with two attached hydrogens (primary N) is 1.